The summed E-state index contributed by atoms with van der Waals surface area (Å²) in [6.45, 7) is 8.61. The maximum Gasteiger partial charge on any atom is 0.0299 e. The van der Waals surface area contributed by atoms with Gasteiger partial charge in [-0.3, -0.25) is 11.3 Å². The molecule has 0 bridgehead atoms. The average Bonchev–Trinajstić information content (AvgIpc) is 2.16. The average molecular weight is 216 g/mol. The number of hydrogen-bond acceptors (Lipinski definition) is 3. The first-order valence-electron chi connectivity index (χ1n) is 5.23. The van der Waals surface area contributed by atoms with Crippen molar-refractivity contribution in [3.8, 4) is 0 Å². The molecule has 0 atom stereocenters. The van der Waals surface area contributed by atoms with Gasteiger partial charge in [-0.2, -0.15) is 11.8 Å². The van der Waals surface area contributed by atoms with Gasteiger partial charge in [0.2, 0.25) is 0 Å². The molecule has 84 valence electrons. The van der Waals surface area contributed by atoms with Crippen molar-refractivity contribution in [2.24, 2.45) is 5.84 Å². The van der Waals surface area contributed by atoms with E-state index in [2.05, 4.69) is 39.2 Å². The Labute approximate surface area is 92.7 Å². The summed E-state index contributed by atoms with van der Waals surface area (Å²) in [5, 5.41) is 0. The summed E-state index contributed by atoms with van der Waals surface area (Å²) in [6, 6.07) is 0. The van der Waals surface area contributed by atoms with Crippen molar-refractivity contribution < 1.29 is 0 Å². The Balaban J connectivity index is 3.76. The number of nitrogens with two attached hydrogens (primary N) is 1. The molecule has 0 aromatic heterocycles. The third-order valence-corrected chi connectivity index (χ3v) is 3.10. The molecule has 0 heterocycles. The lowest BCUT2D eigenvalue weighted by Gasteiger charge is -2.21. The van der Waals surface area contributed by atoms with Crippen LogP contribution in [-0.4, -0.2) is 17.0 Å². The van der Waals surface area contributed by atoms with E-state index in [0.717, 1.165) is 6.42 Å². The second-order valence-electron chi connectivity index (χ2n) is 4.23. The smallest absolute Gasteiger partial charge is 0.0299 e. The fourth-order valence-corrected chi connectivity index (χ4v) is 1.72. The second kappa shape index (κ2) is 7.32. The van der Waals surface area contributed by atoms with Crippen LogP contribution in [0.5, 0.6) is 0 Å². The Hall–Kier alpha value is 0.01000. The second-order valence-corrected chi connectivity index (χ2v) is 5.62. The van der Waals surface area contributed by atoms with Gasteiger partial charge in [0.25, 0.3) is 0 Å². The quantitative estimate of drug-likeness (QED) is 0.297. The van der Waals surface area contributed by atoms with Gasteiger partial charge in [-0.1, -0.05) is 18.6 Å². The number of rotatable bonds is 7. The topological polar surface area (TPSA) is 38.0 Å². The highest BCUT2D eigenvalue weighted by atomic mass is 32.2. The minimum absolute atomic E-state index is 0.0131. The highest BCUT2D eigenvalue weighted by Gasteiger charge is 2.12. The van der Waals surface area contributed by atoms with E-state index in [0.29, 0.717) is 0 Å². The van der Waals surface area contributed by atoms with Crippen LogP contribution in [0.1, 0.15) is 40.5 Å². The molecule has 0 aliphatic carbocycles. The van der Waals surface area contributed by atoms with Crippen molar-refractivity contribution in [1.29, 1.82) is 0 Å². The highest BCUT2D eigenvalue weighted by molar-refractivity contribution is 7.99. The van der Waals surface area contributed by atoms with E-state index in [4.69, 9.17) is 5.84 Å². The van der Waals surface area contributed by atoms with Crippen LogP contribution in [-0.2, 0) is 0 Å². The molecule has 0 saturated carbocycles. The summed E-state index contributed by atoms with van der Waals surface area (Å²) in [7, 11) is 0. The first-order valence-corrected chi connectivity index (χ1v) is 6.38. The van der Waals surface area contributed by atoms with Crippen LogP contribution in [0.15, 0.2) is 11.6 Å². The van der Waals surface area contributed by atoms with Crippen molar-refractivity contribution in [1.82, 2.24) is 5.43 Å². The molecule has 0 aromatic rings. The fourth-order valence-electron chi connectivity index (χ4n) is 0.968. The first-order chi connectivity index (χ1) is 6.52. The van der Waals surface area contributed by atoms with E-state index in [9.17, 15) is 0 Å². The summed E-state index contributed by atoms with van der Waals surface area (Å²) >= 11 is 1.99. The highest BCUT2D eigenvalue weighted by Crippen LogP contribution is 2.13. The molecule has 2 nitrogen and oxygen atoms in total. The van der Waals surface area contributed by atoms with Crippen LogP contribution in [0.2, 0.25) is 0 Å². The molecule has 0 radical (unpaired) electrons. The fraction of sp³-hybridized carbons (Fsp3) is 0.818. The lowest BCUT2D eigenvalue weighted by Crippen LogP contribution is -2.43. The summed E-state index contributed by atoms with van der Waals surface area (Å²) in [5.41, 5.74) is 4.29. The van der Waals surface area contributed by atoms with Gasteiger partial charge in [-0.15, -0.1) is 0 Å². The molecule has 0 fully saturated rings. The molecular weight excluding hydrogens is 192 g/mol. The van der Waals surface area contributed by atoms with Gasteiger partial charge in [0.15, 0.2) is 0 Å². The van der Waals surface area contributed by atoms with Crippen molar-refractivity contribution >= 4 is 11.8 Å². The van der Waals surface area contributed by atoms with Crippen LogP contribution in [0.4, 0.5) is 0 Å². The van der Waals surface area contributed by atoms with E-state index in [1.165, 1.54) is 23.5 Å². The van der Waals surface area contributed by atoms with E-state index in [-0.39, 0.29) is 5.54 Å². The van der Waals surface area contributed by atoms with E-state index < -0.39 is 0 Å². The van der Waals surface area contributed by atoms with E-state index in [1.54, 1.807) is 0 Å². The standard InChI is InChI=1S/C11H24N2S/c1-5-14-9-7-10(2)6-8-11(3,4)13-12/h6,13H,5,7-9,12H2,1-4H3/b10-6+. The molecule has 0 rings (SSSR count). The van der Waals surface area contributed by atoms with Crippen molar-refractivity contribution in [3.63, 3.8) is 0 Å². The number of hydrazine groups is 1. The zero-order chi connectivity index (χ0) is 11.0. The molecule has 14 heavy (non-hydrogen) atoms. The lowest BCUT2D eigenvalue weighted by molar-refractivity contribution is 0.402. The normalized spacial score (nSPS) is 13.4. The SMILES string of the molecule is CCSCC/C(C)=C/CC(C)(C)NN. The van der Waals surface area contributed by atoms with Gasteiger partial charge < -0.3 is 0 Å². The molecule has 3 N–H and O–H groups in total. The minimum Gasteiger partial charge on any atom is -0.271 e. The Morgan fingerprint density at radius 3 is 2.64 bits per heavy atom. The first kappa shape index (κ1) is 14.0. The van der Waals surface area contributed by atoms with Gasteiger partial charge in [0, 0.05) is 5.54 Å². The van der Waals surface area contributed by atoms with Crippen LogP contribution in [0.3, 0.4) is 0 Å². The Morgan fingerprint density at radius 2 is 2.14 bits per heavy atom. The van der Waals surface area contributed by atoms with Crippen LogP contribution >= 0.6 is 11.8 Å². The zero-order valence-corrected chi connectivity index (χ0v) is 10.7. The maximum absolute atomic E-state index is 5.43. The van der Waals surface area contributed by atoms with Crippen LogP contribution in [0.25, 0.3) is 0 Å². The molecule has 0 spiro atoms. The Bertz CT molecular complexity index is 176. The third kappa shape index (κ3) is 7.42. The Morgan fingerprint density at radius 1 is 1.50 bits per heavy atom. The van der Waals surface area contributed by atoms with Gasteiger partial charge in [-0.25, -0.2) is 0 Å². The number of hydrogen-bond donors (Lipinski definition) is 2. The zero-order valence-electron chi connectivity index (χ0n) is 9.89. The summed E-state index contributed by atoms with van der Waals surface area (Å²) in [6.07, 6.45) is 4.47. The molecule has 0 unspecified atom stereocenters. The lowest BCUT2D eigenvalue weighted by atomic mass is 10.00. The van der Waals surface area contributed by atoms with Gasteiger partial charge in [0.1, 0.15) is 0 Å². The molecule has 0 saturated heterocycles. The largest absolute Gasteiger partial charge is 0.271 e. The van der Waals surface area contributed by atoms with Crippen molar-refractivity contribution in [2.45, 2.75) is 46.1 Å². The summed E-state index contributed by atoms with van der Waals surface area (Å²) in [4.78, 5) is 0. The van der Waals surface area contributed by atoms with Crippen LogP contribution in [0, 0.1) is 0 Å². The third-order valence-electron chi connectivity index (χ3n) is 2.20. The minimum atomic E-state index is 0.0131. The number of thioether (sulfide) groups is 1. The molecule has 0 amide bonds. The van der Waals surface area contributed by atoms with Gasteiger partial charge in [-0.05, 0) is 45.1 Å². The van der Waals surface area contributed by atoms with Gasteiger partial charge >= 0.3 is 0 Å². The van der Waals surface area contributed by atoms with Crippen LogP contribution < -0.4 is 11.3 Å². The predicted molar refractivity (Wildman–Crippen MR) is 67.4 cm³/mol. The van der Waals surface area contributed by atoms with Crippen molar-refractivity contribution in [3.05, 3.63) is 11.6 Å². The number of allylic oxidation sites excluding steroid dienone is 1. The van der Waals surface area contributed by atoms with E-state index >= 15 is 0 Å². The summed E-state index contributed by atoms with van der Waals surface area (Å²) < 4.78 is 0. The molecule has 0 aliphatic rings. The van der Waals surface area contributed by atoms with Crippen molar-refractivity contribution in [2.75, 3.05) is 11.5 Å². The monoisotopic (exact) mass is 216 g/mol. The summed E-state index contributed by atoms with van der Waals surface area (Å²) in [5.74, 6) is 7.87. The Kier molecular flexibility index (Phi) is 7.33. The maximum atomic E-state index is 5.43. The molecular formula is C11H24N2S. The molecule has 0 aliphatic heterocycles. The van der Waals surface area contributed by atoms with Gasteiger partial charge in [0.05, 0.1) is 0 Å². The molecule has 0 aromatic carbocycles. The predicted octanol–water partition coefficient (Wildman–Crippen LogP) is 2.71. The molecule has 3 heteroatoms. The number of nitrogens with one attached hydrogen (secondary N) is 1. The van der Waals surface area contributed by atoms with E-state index in [1.807, 2.05) is 11.8 Å².